The van der Waals surface area contributed by atoms with Crippen molar-refractivity contribution >= 4 is 39.8 Å². The number of amides is 1. The first-order chi connectivity index (χ1) is 12.6. The summed E-state index contributed by atoms with van der Waals surface area (Å²) in [6, 6.07) is 16.5. The zero-order valence-corrected chi connectivity index (χ0v) is 14.7. The molecule has 0 unspecified atom stereocenters. The first-order valence-electron chi connectivity index (χ1n) is 7.86. The van der Waals surface area contributed by atoms with Crippen LogP contribution in [-0.4, -0.2) is 10.9 Å². The van der Waals surface area contributed by atoms with E-state index in [1.165, 1.54) is 6.20 Å². The third-order valence-corrected chi connectivity index (χ3v) is 4.21. The minimum atomic E-state index is -0.520. The molecule has 0 atom stereocenters. The lowest BCUT2D eigenvalue weighted by atomic mass is 10.2. The maximum atomic E-state index is 12.3. The normalized spacial score (nSPS) is 11.0. The van der Waals surface area contributed by atoms with Crippen molar-refractivity contribution in [2.45, 2.75) is 6.92 Å². The number of nitrogens with zero attached hydrogens (tertiary/aromatic N) is 2. The molecule has 128 valence electrons. The fourth-order valence-corrected chi connectivity index (χ4v) is 2.57. The molecule has 0 spiro atoms. The average molecular weight is 363 g/mol. The quantitative estimate of drug-likeness (QED) is 0.523. The third kappa shape index (κ3) is 3.82. The van der Waals surface area contributed by atoms with Crippen molar-refractivity contribution in [3.63, 3.8) is 0 Å². The highest BCUT2D eigenvalue weighted by Gasteiger charge is 2.10. The number of anilines is 2. The SMILES string of the molecule is Cc1ccc(NC(=O)/C(C#N)=C\Nc2cccc3cccnc23)cc1Cl. The van der Waals surface area contributed by atoms with E-state index < -0.39 is 5.91 Å². The van der Waals surface area contributed by atoms with Gasteiger partial charge in [-0.05, 0) is 36.8 Å². The van der Waals surface area contributed by atoms with Crippen LogP contribution in [0.3, 0.4) is 0 Å². The first-order valence-corrected chi connectivity index (χ1v) is 8.24. The number of pyridine rings is 1. The lowest BCUT2D eigenvalue weighted by Gasteiger charge is -2.08. The number of carbonyl (C=O) groups excluding carboxylic acids is 1. The van der Waals surface area contributed by atoms with Crippen molar-refractivity contribution in [3.8, 4) is 6.07 Å². The molecule has 1 amide bonds. The number of hydrogen-bond acceptors (Lipinski definition) is 4. The highest BCUT2D eigenvalue weighted by Crippen LogP contribution is 2.22. The number of benzene rings is 2. The van der Waals surface area contributed by atoms with Crippen LogP contribution in [0.25, 0.3) is 10.9 Å². The van der Waals surface area contributed by atoms with Gasteiger partial charge < -0.3 is 10.6 Å². The molecule has 3 rings (SSSR count). The van der Waals surface area contributed by atoms with Gasteiger partial charge in [-0.15, -0.1) is 0 Å². The van der Waals surface area contributed by atoms with Gasteiger partial charge in [-0.1, -0.05) is 35.9 Å². The summed E-state index contributed by atoms with van der Waals surface area (Å²) in [5.41, 5.74) is 2.84. The van der Waals surface area contributed by atoms with Crippen molar-refractivity contribution in [3.05, 3.63) is 77.1 Å². The average Bonchev–Trinajstić information content (AvgIpc) is 2.65. The minimum Gasteiger partial charge on any atom is -0.358 e. The fraction of sp³-hybridized carbons (Fsp3) is 0.0500. The molecule has 3 aromatic rings. The maximum Gasteiger partial charge on any atom is 0.267 e. The second-order valence-electron chi connectivity index (χ2n) is 5.61. The van der Waals surface area contributed by atoms with Gasteiger partial charge in [-0.3, -0.25) is 9.78 Å². The number of halogens is 1. The predicted octanol–water partition coefficient (Wildman–Crippen LogP) is 4.65. The second kappa shape index (κ2) is 7.68. The second-order valence-corrected chi connectivity index (χ2v) is 6.02. The molecule has 1 heterocycles. The van der Waals surface area contributed by atoms with E-state index in [2.05, 4.69) is 15.6 Å². The van der Waals surface area contributed by atoms with Crippen molar-refractivity contribution in [1.29, 1.82) is 5.26 Å². The van der Waals surface area contributed by atoms with E-state index in [1.54, 1.807) is 24.4 Å². The van der Waals surface area contributed by atoms with E-state index >= 15 is 0 Å². The molecule has 0 aliphatic carbocycles. The molecule has 0 saturated heterocycles. The zero-order chi connectivity index (χ0) is 18.5. The summed E-state index contributed by atoms with van der Waals surface area (Å²) in [6.07, 6.45) is 3.06. The van der Waals surface area contributed by atoms with Crippen molar-refractivity contribution in [2.75, 3.05) is 10.6 Å². The third-order valence-electron chi connectivity index (χ3n) is 3.80. The number of aromatic nitrogens is 1. The smallest absolute Gasteiger partial charge is 0.267 e. The lowest BCUT2D eigenvalue weighted by Crippen LogP contribution is -2.14. The molecule has 2 N–H and O–H groups in total. The molecule has 26 heavy (non-hydrogen) atoms. The summed E-state index contributed by atoms with van der Waals surface area (Å²) in [4.78, 5) is 16.6. The molecule has 5 nitrogen and oxygen atoms in total. The molecular weight excluding hydrogens is 348 g/mol. The maximum absolute atomic E-state index is 12.3. The number of nitriles is 1. The Balaban J connectivity index is 1.80. The molecule has 0 radical (unpaired) electrons. The van der Waals surface area contributed by atoms with Gasteiger partial charge >= 0.3 is 0 Å². The molecule has 2 aromatic carbocycles. The van der Waals surface area contributed by atoms with E-state index in [0.717, 1.165) is 16.5 Å². The van der Waals surface area contributed by atoms with E-state index in [4.69, 9.17) is 11.6 Å². The Morgan fingerprint density at radius 3 is 2.81 bits per heavy atom. The van der Waals surface area contributed by atoms with Crippen molar-refractivity contribution in [2.24, 2.45) is 0 Å². The lowest BCUT2D eigenvalue weighted by molar-refractivity contribution is -0.112. The first kappa shape index (κ1) is 17.5. The van der Waals surface area contributed by atoms with Gasteiger partial charge in [0.05, 0.1) is 11.2 Å². The van der Waals surface area contributed by atoms with E-state index in [0.29, 0.717) is 16.4 Å². The molecule has 0 fully saturated rings. The van der Waals surface area contributed by atoms with Crippen molar-refractivity contribution < 1.29 is 4.79 Å². The van der Waals surface area contributed by atoms with Crippen LogP contribution < -0.4 is 10.6 Å². The van der Waals surface area contributed by atoms with Crippen LogP contribution in [0, 0.1) is 18.3 Å². The van der Waals surface area contributed by atoms with Gasteiger partial charge in [0.1, 0.15) is 11.6 Å². The fourth-order valence-electron chi connectivity index (χ4n) is 2.39. The molecule has 6 heteroatoms. The Kier molecular flexibility index (Phi) is 5.16. The highest BCUT2D eigenvalue weighted by atomic mass is 35.5. The molecule has 0 aliphatic heterocycles. The van der Waals surface area contributed by atoms with Gasteiger partial charge in [-0.25, -0.2) is 0 Å². The Bertz CT molecular complexity index is 1050. The Labute approximate surface area is 155 Å². The Morgan fingerprint density at radius 1 is 1.23 bits per heavy atom. The van der Waals surface area contributed by atoms with Crippen molar-refractivity contribution in [1.82, 2.24) is 4.98 Å². The van der Waals surface area contributed by atoms with Crippen LogP contribution >= 0.6 is 11.6 Å². The van der Waals surface area contributed by atoms with E-state index in [-0.39, 0.29) is 5.57 Å². The standard InChI is InChI=1S/C20H15ClN4O/c1-13-7-8-16(10-17(13)21)25-20(26)15(11-22)12-24-18-6-2-4-14-5-3-9-23-19(14)18/h2-10,12,24H,1H3,(H,25,26)/b15-12-. The monoisotopic (exact) mass is 362 g/mol. The summed E-state index contributed by atoms with van der Waals surface area (Å²) in [7, 11) is 0. The molecule has 0 bridgehead atoms. The summed E-state index contributed by atoms with van der Waals surface area (Å²) in [5, 5.41) is 16.5. The van der Waals surface area contributed by atoms with Gasteiger partial charge in [0.2, 0.25) is 0 Å². The van der Waals surface area contributed by atoms with Crippen LogP contribution in [0.1, 0.15) is 5.56 Å². The largest absolute Gasteiger partial charge is 0.358 e. The number of fused-ring (bicyclic) bond motifs is 1. The Morgan fingerprint density at radius 2 is 2.04 bits per heavy atom. The molecular formula is C20H15ClN4O. The zero-order valence-electron chi connectivity index (χ0n) is 14.0. The minimum absolute atomic E-state index is 0.0605. The number of nitrogens with one attached hydrogen (secondary N) is 2. The van der Waals surface area contributed by atoms with Gasteiger partial charge in [0.25, 0.3) is 5.91 Å². The van der Waals surface area contributed by atoms with Crippen LogP contribution in [-0.2, 0) is 4.79 Å². The molecule has 0 aliphatic rings. The number of para-hydroxylation sites is 1. The molecule has 1 aromatic heterocycles. The summed E-state index contributed by atoms with van der Waals surface area (Å²) >= 11 is 6.06. The predicted molar refractivity (Wildman–Crippen MR) is 104 cm³/mol. The number of hydrogen-bond donors (Lipinski definition) is 2. The topological polar surface area (TPSA) is 77.8 Å². The summed E-state index contributed by atoms with van der Waals surface area (Å²) in [5.74, 6) is -0.520. The van der Waals surface area contributed by atoms with Gasteiger partial charge in [0.15, 0.2) is 0 Å². The van der Waals surface area contributed by atoms with Crippen LogP contribution in [0.15, 0.2) is 66.5 Å². The number of carbonyl (C=O) groups is 1. The van der Waals surface area contributed by atoms with Crippen LogP contribution in [0.2, 0.25) is 5.02 Å². The summed E-state index contributed by atoms with van der Waals surface area (Å²) in [6.45, 7) is 1.87. The molecule has 0 saturated carbocycles. The van der Waals surface area contributed by atoms with Crippen LogP contribution in [0.5, 0.6) is 0 Å². The van der Waals surface area contributed by atoms with Crippen LogP contribution in [0.4, 0.5) is 11.4 Å². The highest BCUT2D eigenvalue weighted by molar-refractivity contribution is 6.31. The van der Waals surface area contributed by atoms with E-state index in [9.17, 15) is 10.1 Å². The van der Waals surface area contributed by atoms with E-state index in [1.807, 2.05) is 43.3 Å². The Hall–Kier alpha value is -3.36. The number of rotatable bonds is 4. The summed E-state index contributed by atoms with van der Waals surface area (Å²) < 4.78 is 0. The number of aryl methyl sites for hydroxylation is 1. The van der Waals surface area contributed by atoms with Gasteiger partial charge in [0, 0.05) is 28.5 Å². The van der Waals surface area contributed by atoms with Gasteiger partial charge in [-0.2, -0.15) is 5.26 Å².